The molecule has 1 aliphatic heterocycles. The van der Waals surface area contributed by atoms with Gasteiger partial charge >= 0.3 is 21.7 Å². The molecule has 0 saturated carbocycles. The second kappa shape index (κ2) is 5.78. The van der Waals surface area contributed by atoms with Crippen molar-refractivity contribution in [3.8, 4) is 5.88 Å². The highest BCUT2D eigenvalue weighted by molar-refractivity contribution is 7.87. The Labute approximate surface area is 142 Å². The molecule has 1 unspecified atom stereocenters. The lowest BCUT2D eigenvalue weighted by molar-refractivity contribution is -0.0502. The quantitative estimate of drug-likeness (QED) is 0.619. The summed E-state index contributed by atoms with van der Waals surface area (Å²) >= 11 is 0. The van der Waals surface area contributed by atoms with E-state index in [0.29, 0.717) is 5.69 Å². The summed E-state index contributed by atoms with van der Waals surface area (Å²) < 4.78 is 66.0. The van der Waals surface area contributed by atoms with Crippen LogP contribution in [0.5, 0.6) is 5.88 Å². The van der Waals surface area contributed by atoms with E-state index in [-0.39, 0.29) is 18.5 Å². The molecule has 1 aromatic rings. The molecule has 2 rings (SSSR count). The molecule has 0 aliphatic carbocycles. The van der Waals surface area contributed by atoms with Crippen molar-refractivity contribution in [3.63, 3.8) is 0 Å². The van der Waals surface area contributed by atoms with E-state index in [1.54, 1.807) is 27.7 Å². The summed E-state index contributed by atoms with van der Waals surface area (Å²) in [5.74, 6) is -0.750. The molecule has 8 nitrogen and oxygen atoms in total. The van der Waals surface area contributed by atoms with Gasteiger partial charge < -0.3 is 14.2 Å². The highest BCUT2D eigenvalue weighted by atomic mass is 32.2. The molecule has 1 aliphatic rings. The summed E-state index contributed by atoms with van der Waals surface area (Å²) in [7, 11) is -5.91. The Morgan fingerprint density at radius 1 is 1.32 bits per heavy atom. The van der Waals surface area contributed by atoms with Crippen LogP contribution in [-0.4, -0.2) is 45.8 Å². The smallest absolute Gasteiger partial charge is 0.465 e. The van der Waals surface area contributed by atoms with Gasteiger partial charge in [-0.15, -0.1) is 5.10 Å². The van der Waals surface area contributed by atoms with Gasteiger partial charge in [0.2, 0.25) is 0 Å². The zero-order valence-corrected chi connectivity index (χ0v) is 14.8. The molecule has 1 atom stereocenters. The van der Waals surface area contributed by atoms with Gasteiger partial charge in [-0.05, 0) is 27.7 Å². The molecule has 25 heavy (non-hydrogen) atoms. The fourth-order valence-electron chi connectivity index (χ4n) is 2.58. The minimum atomic E-state index is -5.91. The molecular weight excluding hydrogens is 367 g/mol. The molecule has 0 aromatic carbocycles. The largest absolute Gasteiger partial charge is 0.534 e. The van der Waals surface area contributed by atoms with E-state index in [9.17, 15) is 31.5 Å². The van der Waals surface area contributed by atoms with Crippen molar-refractivity contribution in [1.82, 2.24) is 14.7 Å². The average Bonchev–Trinajstić information content (AvgIpc) is 2.73. The maximum absolute atomic E-state index is 12.6. The molecule has 1 N–H and O–H groups in total. The topological polar surface area (TPSA) is 102 Å². The van der Waals surface area contributed by atoms with E-state index in [4.69, 9.17) is 0 Å². The third-order valence-corrected chi connectivity index (χ3v) is 4.70. The number of aromatic nitrogens is 2. The van der Waals surface area contributed by atoms with Crippen LogP contribution in [0.1, 0.15) is 39.0 Å². The van der Waals surface area contributed by atoms with Crippen molar-refractivity contribution >= 4 is 16.2 Å². The third-order valence-electron chi connectivity index (χ3n) is 3.76. The van der Waals surface area contributed by atoms with E-state index in [1.165, 1.54) is 4.68 Å². The number of carbonyl (C=O) groups is 1. The zero-order valence-electron chi connectivity index (χ0n) is 14.0. The van der Waals surface area contributed by atoms with Gasteiger partial charge in [0.05, 0.1) is 23.3 Å². The van der Waals surface area contributed by atoms with Crippen LogP contribution in [0, 0.1) is 0 Å². The molecule has 1 aromatic heterocycles. The number of hydrogen-bond donors (Lipinski definition) is 1. The van der Waals surface area contributed by atoms with Crippen LogP contribution in [0.2, 0.25) is 0 Å². The number of rotatable bonds is 2. The normalized spacial score (nSPS) is 18.8. The molecule has 2 heterocycles. The third kappa shape index (κ3) is 3.53. The number of alkyl halides is 3. The maximum atomic E-state index is 12.6. The highest BCUT2D eigenvalue weighted by Gasteiger charge is 2.50. The minimum Gasteiger partial charge on any atom is -0.465 e. The van der Waals surface area contributed by atoms with Crippen LogP contribution in [0.3, 0.4) is 0 Å². The Hall–Kier alpha value is -1.98. The Bertz CT molecular complexity index is 795. The molecule has 0 spiro atoms. The summed E-state index contributed by atoms with van der Waals surface area (Å²) in [6.45, 7) is 6.53. The predicted octanol–water partition coefficient (Wildman–Crippen LogP) is 2.29. The van der Waals surface area contributed by atoms with Crippen molar-refractivity contribution in [2.45, 2.75) is 57.7 Å². The first-order valence-electron chi connectivity index (χ1n) is 7.26. The Balaban J connectivity index is 2.58. The highest BCUT2D eigenvalue weighted by Crippen LogP contribution is 2.36. The second-order valence-electron chi connectivity index (χ2n) is 6.76. The lowest BCUT2D eigenvalue weighted by atomic mass is 10.00. The molecule has 0 bridgehead atoms. The number of fused-ring (bicyclic) bond motifs is 1. The fraction of sp³-hybridized carbons (Fsp3) is 0.692. The first-order valence-corrected chi connectivity index (χ1v) is 8.67. The minimum absolute atomic E-state index is 0.0169. The van der Waals surface area contributed by atoms with E-state index >= 15 is 0 Å². The van der Waals surface area contributed by atoms with Gasteiger partial charge in [-0.25, -0.2) is 4.79 Å². The molecule has 12 heteroatoms. The fourth-order valence-corrected chi connectivity index (χ4v) is 3.01. The van der Waals surface area contributed by atoms with Crippen molar-refractivity contribution < 1.29 is 35.7 Å². The van der Waals surface area contributed by atoms with E-state index in [0.717, 1.165) is 4.90 Å². The van der Waals surface area contributed by atoms with Gasteiger partial charge in [0.15, 0.2) is 0 Å². The number of nitrogens with zero attached hydrogens (tertiary/aromatic N) is 3. The Kier molecular flexibility index (Phi) is 4.47. The molecule has 0 fully saturated rings. The molecule has 142 valence electrons. The van der Waals surface area contributed by atoms with Crippen LogP contribution in [-0.2, 0) is 28.6 Å². The molecule has 1 amide bonds. The van der Waals surface area contributed by atoms with Crippen LogP contribution in [0.25, 0.3) is 0 Å². The first kappa shape index (κ1) is 19.3. The first-order chi connectivity index (χ1) is 11.1. The van der Waals surface area contributed by atoms with Crippen LogP contribution in [0.4, 0.5) is 18.0 Å². The summed E-state index contributed by atoms with van der Waals surface area (Å²) in [4.78, 5) is 12.3. The SMILES string of the molecule is CC1Cc2c(c(OS(=O)(=O)C(F)(F)F)nn2C(C)(C)C)CN1C(=O)O. The van der Waals surface area contributed by atoms with Crippen molar-refractivity contribution in [2.75, 3.05) is 0 Å². The average molecular weight is 385 g/mol. The lowest BCUT2D eigenvalue weighted by Gasteiger charge is -2.33. The number of halogens is 3. The molecular formula is C13H18F3N3O5S. The van der Waals surface area contributed by atoms with Gasteiger partial charge in [0, 0.05) is 12.5 Å². The molecule has 0 radical (unpaired) electrons. The van der Waals surface area contributed by atoms with Crippen molar-refractivity contribution in [1.29, 1.82) is 0 Å². The monoisotopic (exact) mass is 385 g/mol. The van der Waals surface area contributed by atoms with Crippen LogP contribution in [0.15, 0.2) is 0 Å². The summed E-state index contributed by atoms with van der Waals surface area (Å²) in [5, 5.41) is 13.1. The van der Waals surface area contributed by atoms with Gasteiger partial charge in [0.1, 0.15) is 0 Å². The zero-order chi connectivity index (χ0) is 19.4. The van der Waals surface area contributed by atoms with Crippen LogP contribution < -0.4 is 4.18 Å². The van der Waals surface area contributed by atoms with Crippen molar-refractivity contribution in [2.24, 2.45) is 0 Å². The predicted molar refractivity (Wildman–Crippen MR) is 79.6 cm³/mol. The standard InChI is InChI=1S/C13H18F3N3O5S/c1-7-5-9-8(6-18(7)11(20)21)10(17-19(9)12(2,3)4)24-25(22,23)13(14,15)16/h7H,5-6H2,1-4H3,(H,20,21). The van der Waals surface area contributed by atoms with Crippen LogP contribution >= 0.6 is 0 Å². The van der Waals surface area contributed by atoms with E-state index in [1.807, 2.05) is 0 Å². The number of carboxylic acid groups (broad SMARTS) is 1. The number of amides is 1. The summed E-state index contributed by atoms with van der Waals surface area (Å²) in [6, 6.07) is -0.449. The maximum Gasteiger partial charge on any atom is 0.534 e. The van der Waals surface area contributed by atoms with E-state index < -0.39 is 39.2 Å². The number of hydrogen-bond acceptors (Lipinski definition) is 5. The van der Waals surface area contributed by atoms with Gasteiger partial charge in [-0.3, -0.25) is 4.68 Å². The summed E-state index contributed by atoms with van der Waals surface area (Å²) in [6.07, 6.45) is -1.10. The lowest BCUT2D eigenvalue weighted by Crippen LogP contribution is -2.43. The molecule has 0 saturated heterocycles. The second-order valence-corrected chi connectivity index (χ2v) is 8.30. The Morgan fingerprint density at radius 2 is 1.88 bits per heavy atom. The van der Waals surface area contributed by atoms with E-state index in [2.05, 4.69) is 9.28 Å². The Morgan fingerprint density at radius 3 is 2.32 bits per heavy atom. The van der Waals surface area contributed by atoms with Gasteiger partial charge in [0.25, 0.3) is 5.88 Å². The van der Waals surface area contributed by atoms with Crippen molar-refractivity contribution in [3.05, 3.63) is 11.3 Å². The summed E-state index contributed by atoms with van der Waals surface area (Å²) in [5.41, 5.74) is -5.81. The van der Waals surface area contributed by atoms with Gasteiger partial charge in [-0.2, -0.15) is 21.6 Å². The van der Waals surface area contributed by atoms with Gasteiger partial charge in [-0.1, -0.05) is 0 Å².